The maximum absolute atomic E-state index is 10.4. The highest BCUT2D eigenvalue weighted by molar-refractivity contribution is 5.74. The average Bonchev–Trinajstić information content (AvgIpc) is 2.07. The van der Waals surface area contributed by atoms with Crippen molar-refractivity contribution in [3.05, 3.63) is 0 Å². The van der Waals surface area contributed by atoms with Gasteiger partial charge in [-0.2, -0.15) is 0 Å². The van der Waals surface area contributed by atoms with Crippen molar-refractivity contribution in [2.75, 3.05) is 13.7 Å². The highest BCUT2D eigenvalue weighted by atomic mass is 16.5. The zero-order chi connectivity index (χ0) is 9.98. The Morgan fingerprint density at radius 3 is 2.25 bits per heavy atom. The van der Waals surface area contributed by atoms with Crippen molar-refractivity contribution in [1.29, 1.82) is 0 Å². The van der Waals surface area contributed by atoms with Crippen LogP contribution in [0.3, 0.4) is 0 Å². The number of esters is 1. The average molecular weight is 171 g/mol. The first-order chi connectivity index (χ1) is 5.66. The Morgan fingerprint density at radius 1 is 1.42 bits per heavy atom. The number of terminal acetylenes is 1. The van der Waals surface area contributed by atoms with Gasteiger partial charge in [0.1, 0.15) is 0 Å². The van der Waals surface area contributed by atoms with Crippen LogP contribution >= 0.6 is 0 Å². The lowest BCUT2D eigenvalue weighted by atomic mass is 10.4. The van der Waals surface area contributed by atoms with Gasteiger partial charge in [0.15, 0.2) is 0 Å². The number of hydrogen-bond donors (Lipinski definition) is 1. The van der Waals surface area contributed by atoms with Crippen molar-refractivity contribution >= 4 is 11.9 Å². The smallest absolute Gasteiger partial charge is 0.307 e. The second-order valence-electron chi connectivity index (χ2n) is 1.81. The molecule has 0 bridgehead atoms. The van der Waals surface area contributed by atoms with Gasteiger partial charge in [-0.25, -0.2) is 0 Å². The van der Waals surface area contributed by atoms with Crippen LogP contribution in [0.2, 0.25) is 0 Å². The maximum Gasteiger partial charge on any atom is 0.307 e. The molecule has 0 fully saturated rings. The zero-order valence-corrected chi connectivity index (χ0v) is 7.29. The SMILES string of the molecule is C#C.COC(=O)CCNC(C)=O. The molecule has 4 heteroatoms. The molecule has 0 aliphatic heterocycles. The maximum atomic E-state index is 10.4. The van der Waals surface area contributed by atoms with Crippen LogP contribution in [-0.4, -0.2) is 25.5 Å². The summed E-state index contributed by atoms with van der Waals surface area (Å²) in [6.07, 6.45) is 8.23. The van der Waals surface area contributed by atoms with Crippen molar-refractivity contribution in [3.63, 3.8) is 0 Å². The van der Waals surface area contributed by atoms with Crippen LogP contribution in [0.25, 0.3) is 0 Å². The van der Waals surface area contributed by atoms with Gasteiger partial charge in [-0.1, -0.05) is 0 Å². The van der Waals surface area contributed by atoms with Crippen molar-refractivity contribution < 1.29 is 14.3 Å². The van der Waals surface area contributed by atoms with Crippen molar-refractivity contribution in [1.82, 2.24) is 5.32 Å². The standard InChI is InChI=1S/C6H11NO3.C2H2/c1-5(8)7-4-3-6(9)10-2;1-2/h3-4H2,1-2H3,(H,7,8);1-2H. The van der Waals surface area contributed by atoms with Crippen molar-refractivity contribution in [2.45, 2.75) is 13.3 Å². The molecule has 0 atom stereocenters. The molecule has 0 aliphatic carbocycles. The Kier molecular flexibility index (Phi) is 10.4. The van der Waals surface area contributed by atoms with Gasteiger partial charge in [-0.3, -0.25) is 9.59 Å². The molecule has 0 aromatic heterocycles. The summed E-state index contributed by atoms with van der Waals surface area (Å²) in [5.74, 6) is -0.447. The predicted octanol–water partition coefficient (Wildman–Crippen LogP) is -0.0650. The van der Waals surface area contributed by atoms with E-state index in [1.807, 2.05) is 0 Å². The first-order valence-electron chi connectivity index (χ1n) is 3.31. The van der Waals surface area contributed by atoms with E-state index in [1.54, 1.807) is 0 Å². The number of amides is 1. The van der Waals surface area contributed by atoms with E-state index < -0.39 is 0 Å². The summed E-state index contributed by atoms with van der Waals surface area (Å²) in [7, 11) is 1.32. The quantitative estimate of drug-likeness (QED) is 0.478. The van der Waals surface area contributed by atoms with Gasteiger partial charge < -0.3 is 10.1 Å². The van der Waals surface area contributed by atoms with Crippen LogP contribution in [0.4, 0.5) is 0 Å². The Bertz CT molecular complexity index is 163. The molecule has 0 aromatic carbocycles. The molecule has 68 valence electrons. The molecule has 1 amide bonds. The van der Waals surface area contributed by atoms with Crippen LogP contribution in [-0.2, 0) is 14.3 Å². The van der Waals surface area contributed by atoms with Gasteiger partial charge in [0, 0.05) is 13.5 Å². The Hall–Kier alpha value is -1.50. The van der Waals surface area contributed by atoms with Gasteiger partial charge in [-0.05, 0) is 0 Å². The minimum Gasteiger partial charge on any atom is -0.469 e. The van der Waals surface area contributed by atoms with Crippen LogP contribution < -0.4 is 5.32 Å². The lowest BCUT2D eigenvalue weighted by Crippen LogP contribution is -2.23. The number of hydrogen-bond acceptors (Lipinski definition) is 3. The molecule has 0 aliphatic rings. The fourth-order valence-electron chi connectivity index (χ4n) is 0.443. The van der Waals surface area contributed by atoms with E-state index in [9.17, 15) is 9.59 Å². The number of nitrogens with one attached hydrogen (secondary N) is 1. The molecule has 0 radical (unpaired) electrons. The first-order valence-corrected chi connectivity index (χ1v) is 3.31. The minimum atomic E-state index is -0.311. The van der Waals surface area contributed by atoms with E-state index in [4.69, 9.17) is 0 Å². The number of ether oxygens (including phenoxy) is 1. The van der Waals surface area contributed by atoms with E-state index in [1.165, 1.54) is 14.0 Å². The lowest BCUT2D eigenvalue weighted by Gasteiger charge is -1.98. The second kappa shape index (κ2) is 9.50. The Morgan fingerprint density at radius 2 is 1.92 bits per heavy atom. The molecule has 0 saturated carbocycles. The summed E-state index contributed by atoms with van der Waals surface area (Å²) < 4.78 is 4.34. The molecule has 0 saturated heterocycles. The van der Waals surface area contributed by atoms with E-state index in [2.05, 4.69) is 22.9 Å². The van der Waals surface area contributed by atoms with E-state index in [-0.39, 0.29) is 18.3 Å². The topological polar surface area (TPSA) is 55.4 Å². The van der Waals surface area contributed by atoms with Crippen LogP contribution in [0.5, 0.6) is 0 Å². The van der Waals surface area contributed by atoms with Gasteiger partial charge in [0.05, 0.1) is 13.5 Å². The van der Waals surface area contributed by atoms with Crippen molar-refractivity contribution in [3.8, 4) is 12.8 Å². The number of methoxy groups -OCH3 is 1. The Labute approximate surface area is 72.3 Å². The van der Waals surface area contributed by atoms with Gasteiger partial charge in [0.25, 0.3) is 0 Å². The van der Waals surface area contributed by atoms with Crippen LogP contribution in [0, 0.1) is 12.8 Å². The van der Waals surface area contributed by atoms with Gasteiger partial charge in [-0.15, -0.1) is 12.8 Å². The molecular weight excluding hydrogens is 158 g/mol. The molecule has 0 spiro atoms. The molecule has 0 heterocycles. The zero-order valence-electron chi connectivity index (χ0n) is 7.29. The fourth-order valence-corrected chi connectivity index (χ4v) is 0.443. The van der Waals surface area contributed by atoms with E-state index in [0.29, 0.717) is 6.54 Å². The molecule has 0 aromatic rings. The second-order valence-corrected chi connectivity index (χ2v) is 1.81. The van der Waals surface area contributed by atoms with Crippen LogP contribution in [0.15, 0.2) is 0 Å². The highest BCUT2D eigenvalue weighted by Crippen LogP contribution is 1.80. The van der Waals surface area contributed by atoms with Gasteiger partial charge in [0.2, 0.25) is 5.91 Å². The summed E-state index contributed by atoms with van der Waals surface area (Å²) in [5, 5.41) is 2.47. The Balaban J connectivity index is 0. The lowest BCUT2D eigenvalue weighted by molar-refractivity contribution is -0.140. The number of carbonyl (C=O) groups excluding carboxylic acids is 2. The summed E-state index contributed by atoms with van der Waals surface area (Å²) >= 11 is 0. The normalized spacial score (nSPS) is 7.33. The highest BCUT2D eigenvalue weighted by Gasteiger charge is 1.98. The number of rotatable bonds is 3. The summed E-state index contributed by atoms with van der Waals surface area (Å²) in [6, 6.07) is 0. The molecule has 0 rings (SSSR count). The third kappa shape index (κ3) is 11.3. The third-order valence-electron chi connectivity index (χ3n) is 0.931. The summed E-state index contributed by atoms with van der Waals surface area (Å²) in [4.78, 5) is 20.7. The molecule has 4 nitrogen and oxygen atoms in total. The first kappa shape index (κ1) is 13.1. The fraction of sp³-hybridized carbons (Fsp3) is 0.500. The number of carbonyl (C=O) groups is 2. The molecule has 1 N–H and O–H groups in total. The largest absolute Gasteiger partial charge is 0.469 e. The minimum absolute atomic E-state index is 0.135. The third-order valence-corrected chi connectivity index (χ3v) is 0.931. The predicted molar refractivity (Wildman–Crippen MR) is 45.2 cm³/mol. The van der Waals surface area contributed by atoms with Gasteiger partial charge >= 0.3 is 5.97 Å². The van der Waals surface area contributed by atoms with Crippen LogP contribution in [0.1, 0.15) is 13.3 Å². The summed E-state index contributed by atoms with van der Waals surface area (Å²) in [5.41, 5.74) is 0. The van der Waals surface area contributed by atoms with E-state index in [0.717, 1.165) is 0 Å². The van der Waals surface area contributed by atoms with Crippen molar-refractivity contribution in [2.24, 2.45) is 0 Å². The summed E-state index contributed by atoms with van der Waals surface area (Å²) in [6.45, 7) is 1.75. The monoisotopic (exact) mass is 171 g/mol. The molecule has 0 unspecified atom stereocenters. The molecule has 12 heavy (non-hydrogen) atoms. The molecular formula is C8H13NO3. The van der Waals surface area contributed by atoms with E-state index >= 15 is 0 Å².